The van der Waals surface area contributed by atoms with E-state index in [4.69, 9.17) is 0 Å². The van der Waals surface area contributed by atoms with E-state index in [1.807, 2.05) is 29.5 Å². The summed E-state index contributed by atoms with van der Waals surface area (Å²) in [5.74, 6) is 0.917. The van der Waals surface area contributed by atoms with E-state index in [0.717, 1.165) is 32.6 Å². The fraction of sp³-hybridized carbons (Fsp3) is 0.222. The minimum Gasteiger partial charge on any atom is -0.363 e. The number of hydrogen-bond donors (Lipinski definition) is 1. The van der Waals surface area contributed by atoms with Gasteiger partial charge in [-0.2, -0.15) is 0 Å². The van der Waals surface area contributed by atoms with Crippen LogP contribution in [-0.4, -0.2) is 20.2 Å². The SMILES string of the molecule is c1ccc(-c2nnc(CNc3ncnc4sc5c(c34)CCC5)s2)cc1. The van der Waals surface area contributed by atoms with Crippen molar-refractivity contribution in [1.82, 2.24) is 20.2 Å². The van der Waals surface area contributed by atoms with Gasteiger partial charge in [0.15, 0.2) is 0 Å². The molecule has 0 radical (unpaired) electrons. The third kappa shape index (κ3) is 2.69. The summed E-state index contributed by atoms with van der Waals surface area (Å²) in [5.41, 5.74) is 2.54. The van der Waals surface area contributed by atoms with E-state index in [1.54, 1.807) is 17.7 Å². The maximum Gasteiger partial charge on any atom is 0.147 e. The highest BCUT2D eigenvalue weighted by Gasteiger charge is 2.21. The maximum absolute atomic E-state index is 4.48. The van der Waals surface area contributed by atoms with Crippen LogP contribution >= 0.6 is 22.7 Å². The molecule has 124 valence electrons. The molecule has 0 fully saturated rings. The first-order valence-electron chi connectivity index (χ1n) is 8.25. The highest BCUT2D eigenvalue weighted by Crippen LogP contribution is 2.39. The fourth-order valence-corrected chi connectivity index (χ4v) is 5.26. The Bertz CT molecular complexity index is 1040. The van der Waals surface area contributed by atoms with Crippen LogP contribution in [0.3, 0.4) is 0 Å². The third-order valence-electron chi connectivity index (χ3n) is 4.40. The van der Waals surface area contributed by atoms with Crippen molar-refractivity contribution in [3.8, 4) is 10.6 Å². The van der Waals surface area contributed by atoms with Crippen molar-refractivity contribution >= 4 is 38.7 Å². The standard InChI is InChI=1S/C18H15N5S2/c1-2-5-11(6-3-1)17-23-22-14(25-17)9-19-16-15-12-7-4-8-13(12)24-18(15)21-10-20-16/h1-3,5-6,10H,4,7-9H2,(H,19,20,21). The quantitative estimate of drug-likeness (QED) is 0.584. The van der Waals surface area contributed by atoms with E-state index < -0.39 is 0 Å². The number of nitrogens with one attached hydrogen (secondary N) is 1. The lowest BCUT2D eigenvalue weighted by Gasteiger charge is -2.05. The van der Waals surface area contributed by atoms with Crippen LogP contribution in [0.2, 0.25) is 0 Å². The van der Waals surface area contributed by atoms with Crippen molar-refractivity contribution in [3.63, 3.8) is 0 Å². The second-order valence-electron chi connectivity index (χ2n) is 5.98. The molecule has 3 heterocycles. The topological polar surface area (TPSA) is 63.6 Å². The van der Waals surface area contributed by atoms with E-state index in [-0.39, 0.29) is 0 Å². The van der Waals surface area contributed by atoms with Gasteiger partial charge in [0.25, 0.3) is 0 Å². The Labute approximate surface area is 152 Å². The van der Waals surface area contributed by atoms with Gasteiger partial charge in [-0.25, -0.2) is 9.97 Å². The smallest absolute Gasteiger partial charge is 0.147 e. The molecule has 1 aliphatic carbocycles. The van der Waals surface area contributed by atoms with Crippen LogP contribution in [0.5, 0.6) is 0 Å². The summed E-state index contributed by atoms with van der Waals surface area (Å²) >= 11 is 3.42. The van der Waals surface area contributed by atoms with E-state index in [9.17, 15) is 0 Å². The zero-order chi connectivity index (χ0) is 16.6. The minimum absolute atomic E-state index is 0.626. The van der Waals surface area contributed by atoms with Gasteiger partial charge < -0.3 is 5.32 Å². The highest BCUT2D eigenvalue weighted by molar-refractivity contribution is 7.19. The Kier molecular flexibility index (Phi) is 3.68. The minimum atomic E-state index is 0.626. The summed E-state index contributed by atoms with van der Waals surface area (Å²) in [7, 11) is 0. The molecule has 0 bridgehead atoms. The third-order valence-corrected chi connectivity index (χ3v) is 6.57. The van der Waals surface area contributed by atoms with Gasteiger partial charge in [0, 0.05) is 10.4 Å². The van der Waals surface area contributed by atoms with Crippen molar-refractivity contribution in [2.75, 3.05) is 5.32 Å². The first kappa shape index (κ1) is 14.9. The molecule has 1 aliphatic rings. The molecule has 25 heavy (non-hydrogen) atoms. The molecule has 0 aliphatic heterocycles. The van der Waals surface area contributed by atoms with Gasteiger partial charge in [0.1, 0.15) is 27.0 Å². The normalized spacial score (nSPS) is 13.3. The Morgan fingerprint density at radius 2 is 1.92 bits per heavy atom. The van der Waals surface area contributed by atoms with Crippen LogP contribution in [0.4, 0.5) is 5.82 Å². The fourth-order valence-electron chi connectivity index (χ4n) is 3.24. The second kappa shape index (κ2) is 6.16. The van der Waals surface area contributed by atoms with Crippen molar-refractivity contribution < 1.29 is 0 Å². The summed E-state index contributed by atoms with van der Waals surface area (Å²) in [6, 6.07) is 10.2. The Morgan fingerprint density at radius 3 is 2.84 bits per heavy atom. The second-order valence-corrected chi connectivity index (χ2v) is 8.13. The summed E-state index contributed by atoms with van der Waals surface area (Å²) in [6.07, 6.45) is 5.19. The van der Waals surface area contributed by atoms with Crippen LogP contribution in [0.25, 0.3) is 20.8 Å². The van der Waals surface area contributed by atoms with Crippen LogP contribution < -0.4 is 5.32 Å². The molecule has 1 aromatic carbocycles. The van der Waals surface area contributed by atoms with E-state index in [0.29, 0.717) is 6.54 Å². The van der Waals surface area contributed by atoms with Gasteiger partial charge in [-0.05, 0) is 24.8 Å². The van der Waals surface area contributed by atoms with Gasteiger partial charge in [0.2, 0.25) is 0 Å². The van der Waals surface area contributed by atoms with Gasteiger partial charge in [-0.3, -0.25) is 0 Å². The van der Waals surface area contributed by atoms with E-state index in [2.05, 4.69) is 37.6 Å². The monoisotopic (exact) mass is 365 g/mol. The Morgan fingerprint density at radius 1 is 1.00 bits per heavy atom. The molecule has 5 rings (SSSR count). The predicted octanol–water partition coefficient (Wildman–Crippen LogP) is 4.31. The molecule has 0 spiro atoms. The van der Waals surface area contributed by atoms with E-state index >= 15 is 0 Å². The molecule has 5 nitrogen and oxygen atoms in total. The average molecular weight is 365 g/mol. The summed E-state index contributed by atoms with van der Waals surface area (Å²) in [4.78, 5) is 11.5. The Hall–Kier alpha value is -2.38. The number of anilines is 1. The molecule has 0 saturated heterocycles. The van der Waals surface area contributed by atoms with Crippen LogP contribution in [0.15, 0.2) is 36.7 Å². The summed E-state index contributed by atoms with van der Waals surface area (Å²) in [5, 5.41) is 15.2. The molecule has 0 unspecified atom stereocenters. The number of rotatable bonds is 4. The average Bonchev–Trinajstić information content (AvgIpc) is 3.36. The van der Waals surface area contributed by atoms with Gasteiger partial charge in [-0.1, -0.05) is 41.7 Å². The number of hydrogen-bond acceptors (Lipinski definition) is 7. The number of benzene rings is 1. The van der Waals surface area contributed by atoms with Gasteiger partial charge in [-0.15, -0.1) is 21.5 Å². The lowest BCUT2D eigenvalue weighted by atomic mass is 10.2. The maximum atomic E-state index is 4.48. The van der Waals surface area contributed by atoms with E-state index in [1.165, 1.54) is 28.7 Å². The first-order chi connectivity index (χ1) is 12.4. The molecule has 0 saturated carbocycles. The van der Waals surface area contributed by atoms with Crippen LogP contribution in [0.1, 0.15) is 21.9 Å². The van der Waals surface area contributed by atoms with Crippen LogP contribution in [0, 0.1) is 0 Å². The lowest BCUT2D eigenvalue weighted by molar-refractivity contribution is 0.916. The number of nitrogens with zero attached hydrogens (tertiary/aromatic N) is 4. The number of fused-ring (bicyclic) bond motifs is 3. The predicted molar refractivity (Wildman–Crippen MR) is 102 cm³/mol. The molecular formula is C18H15N5S2. The number of aromatic nitrogens is 4. The van der Waals surface area contributed by atoms with Crippen molar-refractivity contribution in [3.05, 3.63) is 52.1 Å². The highest BCUT2D eigenvalue weighted by atomic mass is 32.1. The van der Waals surface area contributed by atoms with Gasteiger partial charge in [0.05, 0.1) is 11.9 Å². The largest absolute Gasteiger partial charge is 0.363 e. The Balaban J connectivity index is 1.40. The van der Waals surface area contributed by atoms with Crippen molar-refractivity contribution in [2.24, 2.45) is 0 Å². The molecule has 0 amide bonds. The molecule has 3 aromatic heterocycles. The number of thiophene rings is 1. The van der Waals surface area contributed by atoms with Crippen LogP contribution in [-0.2, 0) is 19.4 Å². The molecule has 1 N–H and O–H groups in total. The molecular weight excluding hydrogens is 350 g/mol. The molecule has 7 heteroatoms. The van der Waals surface area contributed by atoms with Crippen molar-refractivity contribution in [1.29, 1.82) is 0 Å². The molecule has 0 atom stereocenters. The summed E-state index contributed by atoms with van der Waals surface area (Å²) in [6.45, 7) is 0.626. The number of aryl methyl sites for hydroxylation is 2. The van der Waals surface area contributed by atoms with Crippen molar-refractivity contribution in [2.45, 2.75) is 25.8 Å². The lowest BCUT2D eigenvalue weighted by Crippen LogP contribution is -2.02. The zero-order valence-electron chi connectivity index (χ0n) is 13.4. The molecule has 4 aromatic rings. The summed E-state index contributed by atoms with van der Waals surface area (Å²) < 4.78 is 0. The zero-order valence-corrected chi connectivity index (χ0v) is 15.0. The first-order valence-corrected chi connectivity index (χ1v) is 9.89. The van der Waals surface area contributed by atoms with Gasteiger partial charge >= 0.3 is 0 Å².